The molecule has 1 amide bonds. The first-order valence-electron chi connectivity index (χ1n) is 8.07. The highest BCUT2D eigenvalue weighted by atomic mass is 32.2. The number of aromatic nitrogens is 3. The summed E-state index contributed by atoms with van der Waals surface area (Å²) >= 11 is 1.45. The van der Waals surface area contributed by atoms with Crippen LogP contribution in [0.2, 0.25) is 0 Å². The Bertz CT molecular complexity index is 694. The van der Waals surface area contributed by atoms with Gasteiger partial charge < -0.3 is 9.88 Å². The number of nitrogens with zero attached hydrogens (tertiary/aromatic N) is 3. The number of rotatable bonds is 7. The summed E-state index contributed by atoms with van der Waals surface area (Å²) in [5.74, 6) is 2.02. The highest BCUT2D eigenvalue weighted by molar-refractivity contribution is 7.99. The van der Waals surface area contributed by atoms with E-state index in [1.165, 1.54) is 30.2 Å². The minimum absolute atomic E-state index is 0.0738. The summed E-state index contributed by atoms with van der Waals surface area (Å²) in [6.07, 6.45) is 2.49. The monoisotopic (exact) mass is 330 g/mol. The second-order valence-electron chi connectivity index (χ2n) is 5.96. The molecule has 1 heterocycles. The molecule has 1 saturated carbocycles. The molecule has 0 atom stereocenters. The number of nitrogens with one attached hydrogen (secondary N) is 1. The molecule has 1 N–H and O–H groups in total. The van der Waals surface area contributed by atoms with Crippen LogP contribution in [0.3, 0.4) is 0 Å². The molecule has 1 aliphatic carbocycles. The standard InChI is InChI=1S/C17H22N4OS/c1-3-21-16(14-6-4-5-12(2)9-14)19-20-17(21)23-11-15(22)18-10-13-7-8-13/h4-6,9,13H,3,7-8,10-11H2,1-2H3,(H,18,22). The van der Waals surface area contributed by atoms with Crippen molar-refractivity contribution in [1.29, 1.82) is 0 Å². The zero-order valence-corrected chi connectivity index (χ0v) is 14.4. The molecule has 122 valence electrons. The number of hydrogen-bond donors (Lipinski definition) is 1. The molecular formula is C17H22N4OS. The van der Waals surface area contributed by atoms with Crippen LogP contribution in [0.15, 0.2) is 29.4 Å². The average Bonchev–Trinajstić information content (AvgIpc) is 3.29. The van der Waals surface area contributed by atoms with E-state index in [-0.39, 0.29) is 5.91 Å². The molecule has 1 aliphatic rings. The Morgan fingerprint density at radius 3 is 2.91 bits per heavy atom. The first kappa shape index (κ1) is 16.1. The van der Waals surface area contributed by atoms with E-state index >= 15 is 0 Å². The van der Waals surface area contributed by atoms with Crippen LogP contribution in [-0.2, 0) is 11.3 Å². The molecule has 0 bridgehead atoms. The molecule has 3 rings (SSSR count). The lowest BCUT2D eigenvalue weighted by molar-refractivity contribution is -0.118. The molecule has 0 spiro atoms. The number of hydrogen-bond acceptors (Lipinski definition) is 4. The zero-order valence-electron chi connectivity index (χ0n) is 13.6. The van der Waals surface area contributed by atoms with Crippen LogP contribution in [0.25, 0.3) is 11.4 Å². The third-order valence-electron chi connectivity index (χ3n) is 3.93. The predicted molar refractivity (Wildman–Crippen MR) is 92.3 cm³/mol. The van der Waals surface area contributed by atoms with E-state index in [0.29, 0.717) is 11.7 Å². The maximum Gasteiger partial charge on any atom is 0.230 e. The fraction of sp³-hybridized carbons (Fsp3) is 0.471. The second-order valence-corrected chi connectivity index (χ2v) is 6.90. The Morgan fingerprint density at radius 2 is 2.22 bits per heavy atom. The second kappa shape index (κ2) is 7.17. The maximum absolute atomic E-state index is 11.9. The van der Waals surface area contributed by atoms with E-state index < -0.39 is 0 Å². The molecule has 0 aliphatic heterocycles. The summed E-state index contributed by atoms with van der Waals surface area (Å²) in [6.45, 7) is 5.73. The van der Waals surface area contributed by atoms with Crippen LogP contribution < -0.4 is 5.32 Å². The van der Waals surface area contributed by atoms with Crippen molar-refractivity contribution in [2.24, 2.45) is 5.92 Å². The fourth-order valence-electron chi connectivity index (χ4n) is 2.44. The van der Waals surface area contributed by atoms with Gasteiger partial charge >= 0.3 is 0 Å². The normalized spacial score (nSPS) is 14.0. The number of thioether (sulfide) groups is 1. The van der Waals surface area contributed by atoms with Gasteiger partial charge in [0.2, 0.25) is 5.91 Å². The van der Waals surface area contributed by atoms with Gasteiger partial charge in [-0.1, -0.05) is 35.5 Å². The van der Waals surface area contributed by atoms with E-state index in [1.54, 1.807) is 0 Å². The van der Waals surface area contributed by atoms with Crippen molar-refractivity contribution < 1.29 is 4.79 Å². The average molecular weight is 330 g/mol. The van der Waals surface area contributed by atoms with Crippen molar-refractivity contribution in [3.8, 4) is 11.4 Å². The van der Waals surface area contributed by atoms with E-state index in [0.717, 1.165) is 29.6 Å². The quantitative estimate of drug-likeness (QED) is 0.793. The minimum Gasteiger partial charge on any atom is -0.355 e. The Morgan fingerprint density at radius 1 is 1.39 bits per heavy atom. The van der Waals surface area contributed by atoms with E-state index in [1.807, 2.05) is 12.1 Å². The highest BCUT2D eigenvalue weighted by Gasteiger charge is 2.22. The van der Waals surface area contributed by atoms with Gasteiger partial charge in [-0.2, -0.15) is 0 Å². The van der Waals surface area contributed by atoms with Gasteiger partial charge in [0.1, 0.15) is 0 Å². The first-order valence-corrected chi connectivity index (χ1v) is 9.05. The lowest BCUT2D eigenvalue weighted by Gasteiger charge is -2.08. The van der Waals surface area contributed by atoms with E-state index in [2.05, 4.69) is 46.1 Å². The first-order chi connectivity index (χ1) is 11.2. The summed E-state index contributed by atoms with van der Waals surface area (Å²) < 4.78 is 2.06. The summed E-state index contributed by atoms with van der Waals surface area (Å²) in [5, 5.41) is 12.4. The van der Waals surface area contributed by atoms with Crippen LogP contribution in [-0.4, -0.2) is 33.0 Å². The maximum atomic E-state index is 11.9. The van der Waals surface area contributed by atoms with Crippen LogP contribution in [0.1, 0.15) is 25.3 Å². The molecule has 5 nitrogen and oxygen atoms in total. The smallest absolute Gasteiger partial charge is 0.230 e. The SMILES string of the molecule is CCn1c(SCC(=O)NCC2CC2)nnc1-c1cccc(C)c1. The molecule has 0 unspecified atom stereocenters. The Labute approximate surface area is 140 Å². The summed E-state index contributed by atoms with van der Waals surface area (Å²) in [6, 6.07) is 8.24. The van der Waals surface area contributed by atoms with Crippen molar-refractivity contribution >= 4 is 17.7 Å². The van der Waals surface area contributed by atoms with Crippen molar-refractivity contribution in [2.75, 3.05) is 12.3 Å². The van der Waals surface area contributed by atoms with E-state index in [4.69, 9.17) is 0 Å². The van der Waals surface area contributed by atoms with Gasteiger partial charge in [-0.05, 0) is 38.7 Å². The van der Waals surface area contributed by atoms with Gasteiger partial charge in [0, 0.05) is 18.7 Å². The van der Waals surface area contributed by atoms with Crippen LogP contribution in [0, 0.1) is 12.8 Å². The topological polar surface area (TPSA) is 59.8 Å². The number of aryl methyl sites for hydroxylation is 1. The van der Waals surface area contributed by atoms with Gasteiger partial charge in [-0.15, -0.1) is 10.2 Å². The van der Waals surface area contributed by atoms with Crippen molar-refractivity contribution in [2.45, 2.75) is 38.4 Å². The predicted octanol–water partition coefficient (Wildman–Crippen LogP) is 2.89. The lowest BCUT2D eigenvalue weighted by Crippen LogP contribution is -2.27. The largest absolute Gasteiger partial charge is 0.355 e. The molecule has 2 aromatic rings. The summed E-state index contributed by atoms with van der Waals surface area (Å²) in [7, 11) is 0. The minimum atomic E-state index is 0.0738. The number of carbonyl (C=O) groups excluding carboxylic acids is 1. The fourth-order valence-corrected chi connectivity index (χ4v) is 3.27. The number of benzene rings is 1. The van der Waals surface area contributed by atoms with Gasteiger partial charge in [0.05, 0.1) is 5.75 Å². The Balaban J connectivity index is 1.66. The molecule has 23 heavy (non-hydrogen) atoms. The van der Waals surface area contributed by atoms with Crippen LogP contribution in [0.4, 0.5) is 0 Å². The summed E-state index contributed by atoms with van der Waals surface area (Å²) in [5.41, 5.74) is 2.26. The Kier molecular flexibility index (Phi) is 5.00. The van der Waals surface area contributed by atoms with Gasteiger partial charge in [0.15, 0.2) is 11.0 Å². The lowest BCUT2D eigenvalue weighted by atomic mass is 10.1. The van der Waals surface area contributed by atoms with Crippen molar-refractivity contribution in [3.63, 3.8) is 0 Å². The Hall–Kier alpha value is -1.82. The number of amides is 1. The van der Waals surface area contributed by atoms with Crippen LogP contribution in [0.5, 0.6) is 0 Å². The third kappa shape index (κ3) is 4.13. The highest BCUT2D eigenvalue weighted by Crippen LogP contribution is 2.28. The molecule has 6 heteroatoms. The van der Waals surface area contributed by atoms with Crippen LogP contribution >= 0.6 is 11.8 Å². The zero-order chi connectivity index (χ0) is 16.2. The number of carbonyl (C=O) groups is 1. The van der Waals surface area contributed by atoms with Gasteiger partial charge in [-0.25, -0.2) is 0 Å². The van der Waals surface area contributed by atoms with Gasteiger partial charge in [-0.3, -0.25) is 4.79 Å². The molecule has 1 aromatic heterocycles. The molecule has 0 saturated heterocycles. The molecule has 1 fully saturated rings. The molecular weight excluding hydrogens is 308 g/mol. The van der Waals surface area contributed by atoms with E-state index in [9.17, 15) is 4.79 Å². The van der Waals surface area contributed by atoms with Crippen molar-refractivity contribution in [1.82, 2.24) is 20.1 Å². The van der Waals surface area contributed by atoms with Gasteiger partial charge in [0.25, 0.3) is 0 Å². The molecule has 1 aromatic carbocycles. The third-order valence-corrected chi connectivity index (χ3v) is 4.89. The van der Waals surface area contributed by atoms with Crippen molar-refractivity contribution in [3.05, 3.63) is 29.8 Å². The summed E-state index contributed by atoms with van der Waals surface area (Å²) in [4.78, 5) is 11.9. The molecule has 0 radical (unpaired) electrons.